The van der Waals surface area contributed by atoms with Crippen LogP contribution in [0.4, 0.5) is 4.79 Å². The van der Waals surface area contributed by atoms with E-state index in [-0.39, 0.29) is 6.04 Å². The number of amides is 4. The molecule has 0 atom stereocenters. The number of carbonyl (C=O) groups is 3. The number of aliphatic imine (C=N–C) groups is 1. The fourth-order valence-electron chi connectivity index (χ4n) is 1.63. The fraction of sp³-hybridized carbons (Fsp3) is 0.600. The number of carbonyl (C=O) groups excluding carboxylic acids is 3. The molecular weight excluding hydrogens is 210 g/mol. The van der Waals surface area contributed by atoms with Crippen molar-refractivity contribution >= 4 is 23.6 Å². The van der Waals surface area contributed by atoms with Gasteiger partial charge in [0.25, 0.3) is 0 Å². The molecule has 4 amide bonds. The summed E-state index contributed by atoms with van der Waals surface area (Å²) in [6.07, 6.45) is 2.56. The van der Waals surface area contributed by atoms with Crippen molar-refractivity contribution in [2.45, 2.75) is 32.2 Å². The van der Waals surface area contributed by atoms with Crippen molar-refractivity contribution in [3.8, 4) is 0 Å². The number of hydrogen-bond acceptors (Lipinski definition) is 4. The molecule has 2 aliphatic rings. The van der Waals surface area contributed by atoms with Crippen molar-refractivity contribution in [2.75, 3.05) is 0 Å². The van der Waals surface area contributed by atoms with Gasteiger partial charge >= 0.3 is 6.03 Å². The molecule has 1 aliphatic heterocycles. The number of imide groups is 2. The summed E-state index contributed by atoms with van der Waals surface area (Å²) in [5.41, 5.74) is 0.560. The highest BCUT2D eigenvalue weighted by Gasteiger charge is 2.38. The topological polar surface area (TPSA) is 87.6 Å². The lowest BCUT2D eigenvalue weighted by molar-refractivity contribution is -0.132. The second-order valence-corrected chi connectivity index (χ2v) is 3.95. The van der Waals surface area contributed by atoms with Gasteiger partial charge in [0.1, 0.15) is 0 Å². The van der Waals surface area contributed by atoms with E-state index in [1.165, 1.54) is 0 Å². The Labute approximate surface area is 92.5 Å². The van der Waals surface area contributed by atoms with E-state index < -0.39 is 23.8 Å². The van der Waals surface area contributed by atoms with Crippen LogP contribution in [-0.2, 0) is 9.59 Å². The van der Waals surface area contributed by atoms with Gasteiger partial charge in [-0.25, -0.2) is 4.79 Å². The SMILES string of the molecule is CCC(=NC1CC1)C1C(=O)NC(=O)NC1=O. The van der Waals surface area contributed by atoms with Crippen molar-refractivity contribution in [1.82, 2.24) is 10.6 Å². The summed E-state index contributed by atoms with van der Waals surface area (Å²) >= 11 is 0. The van der Waals surface area contributed by atoms with Gasteiger partial charge in [0, 0.05) is 5.71 Å². The fourth-order valence-corrected chi connectivity index (χ4v) is 1.63. The van der Waals surface area contributed by atoms with Gasteiger partial charge in [-0.15, -0.1) is 0 Å². The minimum Gasteiger partial charge on any atom is -0.289 e. The molecule has 6 nitrogen and oxygen atoms in total. The van der Waals surface area contributed by atoms with Crippen molar-refractivity contribution in [2.24, 2.45) is 10.9 Å². The molecule has 1 heterocycles. The summed E-state index contributed by atoms with van der Waals surface area (Å²) in [7, 11) is 0. The Morgan fingerprint density at radius 1 is 1.25 bits per heavy atom. The molecule has 16 heavy (non-hydrogen) atoms. The van der Waals surface area contributed by atoms with E-state index in [0.717, 1.165) is 12.8 Å². The van der Waals surface area contributed by atoms with E-state index in [1.54, 1.807) is 0 Å². The second kappa shape index (κ2) is 4.03. The standard InChI is InChI=1S/C10H13N3O3/c1-2-6(11-5-3-4-5)7-8(14)12-10(16)13-9(7)15/h5,7H,2-4H2,1H3,(H2,12,13,14,15,16). The highest BCUT2D eigenvalue weighted by atomic mass is 16.2. The predicted molar refractivity (Wildman–Crippen MR) is 55.9 cm³/mol. The van der Waals surface area contributed by atoms with Gasteiger partial charge in [0.05, 0.1) is 6.04 Å². The monoisotopic (exact) mass is 223 g/mol. The molecule has 0 aromatic heterocycles. The molecule has 1 saturated carbocycles. The van der Waals surface area contributed by atoms with E-state index in [2.05, 4.69) is 15.6 Å². The largest absolute Gasteiger partial charge is 0.328 e. The highest BCUT2D eigenvalue weighted by molar-refractivity contribution is 6.27. The van der Waals surface area contributed by atoms with E-state index in [4.69, 9.17) is 0 Å². The Balaban J connectivity index is 2.19. The Morgan fingerprint density at radius 2 is 1.81 bits per heavy atom. The van der Waals surface area contributed by atoms with Crippen molar-refractivity contribution in [3.05, 3.63) is 0 Å². The molecule has 0 aromatic carbocycles. The summed E-state index contributed by atoms with van der Waals surface area (Å²) in [4.78, 5) is 38.3. The van der Waals surface area contributed by atoms with Crippen LogP contribution in [0.5, 0.6) is 0 Å². The molecule has 0 radical (unpaired) electrons. The van der Waals surface area contributed by atoms with Gasteiger partial charge in [-0.3, -0.25) is 25.2 Å². The van der Waals surface area contributed by atoms with Crippen LogP contribution in [0.25, 0.3) is 0 Å². The first-order valence-corrected chi connectivity index (χ1v) is 5.34. The molecule has 0 bridgehead atoms. The van der Waals surface area contributed by atoms with Gasteiger partial charge < -0.3 is 0 Å². The quantitative estimate of drug-likeness (QED) is 0.520. The van der Waals surface area contributed by atoms with E-state index in [1.807, 2.05) is 6.92 Å². The zero-order valence-electron chi connectivity index (χ0n) is 8.95. The van der Waals surface area contributed by atoms with E-state index >= 15 is 0 Å². The molecule has 0 unspecified atom stereocenters. The van der Waals surface area contributed by atoms with Crippen LogP contribution in [0.1, 0.15) is 26.2 Å². The van der Waals surface area contributed by atoms with Crippen LogP contribution in [0.3, 0.4) is 0 Å². The molecule has 1 saturated heterocycles. The molecular formula is C10H13N3O3. The van der Waals surface area contributed by atoms with Crippen molar-refractivity contribution in [1.29, 1.82) is 0 Å². The number of nitrogens with one attached hydrogen (secondary N) is 2. The van der Waals surface area contributed by atoms with Crippen LogP contribution < -0.4 is 10.6 Å². The Hall–Kier alpha value is -1.72. The minimum absolute atomic E-state index is 0.258. The average Bonchev–Trinajstić information content (AvgIpc) is 2.98. The number of barbiturate groups is 1. The normalized spacial score (nSPS) is 23.1. The second-order valence-electron chi connectivity index (χ2n) is 3.95. The lowest BCUT2D eigenvalue weighted by atomic mass is 9.97. The Kier molecular flexibility index (Phi) is 2.72. The van der Waals surface area contributed by atoms with E-state index in [0.29, 0.717) is 12.1 Å². The number of rotatable bonds is 3. The third-order valence-electron chi connectivity index (χ3n) is 2.59. The Bertz CT molecular complexity index is 365. The van der Waals surface area contributed by atoms with Crippen LogP contribution in [0.15, 0.2) is 4.99 Å². The van der Waals surface area contributed by atoms with E-state index in [9.17, 15) is 14.4 Å². The maximum Gasteiger partial charge on any atom is 0.328 e. The number of hydrogen-bond donors (Lipinski definition) is 2. The zero-order valence-corrected chi connectivity index (χ0v) is 8.95. The molecule has 2 N–H and O–H groups in total. The summed E-state index contributed by atoms with van der Waals surface area (Å²) in [6.45, 7) is 1.85. The first kappa shape index (κ1) is 10.8. The first-order chi connectivity index (χ1) is 7.61. The summed E-state index contributed by atoms with van der Waals surface area (Å²) in [5, 5.41) is 4.16. The highest BCUT2D eigenvalue weighted by Crippen LogP contribution is 2.25. The number of nitrogens with zero attached hydrogens (tertiary/aromatic N) is 1. The lowest BCUT2D eigenvalue weighted by Gasteiger charge is -2.21. The molecule has 0 spiro atoms. The third-order valence-corrected chi connectivity index (χ3v) is 2.59. The van der Waals surface area contributed by atoms with Gasteiger partial charge in [-0.2, -0.15) is 0 Å². The minimum atomic E-state index is -0.941. The summed E-state index contributed by atoms with van der Waals surface area (Å²) < 4.78 is 0. The predicted octanol–water partition coefficient (Wildman–Crippen LogP) is -0.0180. The molecule has 2 rings (SSSR count). The molecule has 6 heteroatoms. The molecule has 2 fully saturated rings. The van der Waals surface area contributed by atoms with Crippen LogP contribution in [0, 0.1) is 5.92 Å². The van der Waals surface area contributed by atoms with Crippen molar-refractivity contribution in [3.63, 3.8) is 0 Å². The number of urea groups is 1. The van der Waals surface area contributed by atoms with Crippen molar-refractivity contribution < 1.29 is 14.4 Å². The lowest BCUT2D eigenvalue weighted by Crippen LogP contribution is -2.57. The summed E-state index contributed by atoms with van der Waals surface area (Å²) in [5.74, 6) is -2.09. The summed E-state index contributed by atoms with van der Waals surface area (Å²) in [6, 6.07) is -0.499. The Morgan fingerprint density at radius 3 is 2.25 bits per heavy atom. The zero-order chi connectivity index (χ0) is 11.7. The smallest absolute Gasteiger partial charge is 0.289 e. The molecule has 1 aliphatic carbocycles. The first-order valence-electron chi connectivity index (χ1n) is 5.34. The van der Waals surface area contributed by atoms with Gasteiger partial charge in [-0.05, 0) is 19.3 Å². The van der Waals surface area contributed by atoms with Crippen LogP contribution >= 0.6 is 0 Å². The van der Waals surface area contributed by atoms with Crippen LogP contribution in [-0.4, -0.2) is 29.6 Å². The maximum absolute atomic E-state index is 11.5. The van der Waals surface area contributed by atoms with Crippen LogP contribution in [0.2, 0.25) is 0 Å². The van der Waals surface area contributed by atoms with Gasteiger partial charge in [0.2, 0.25) is 11.8 Å². The van der Waals surface area contributed by atoms with Gasteiger partial charge in [0.15, 0.2) is 5.92 Å². The third kappa shape index (κ3) is 2.10. The molecule has 0 aromatic rings. The average molecular weight is 223 g/mol. The maximum atomic E-state index is 11.5. The molecule has 86 valence electrons. The van der Waals surface area contributed by atoms with Gasteiger partial charge in [-0.1, -0.05) is 6.92 Å².